The van der Waals surface area contributed by atoms with E-state index in [-0.39, 0.29) is 17.7 Å². The van der Waals surface area contributed by atoms with E-state index in [1.807, 2.05) is 6.08 Å². The summed E-state index contributed by atoms with van der Waals surface area (Å²) in [4.78, 5) is 27.9. The minimum absolute atomic E-state index is 0.0486. The van der Waals surface area contributed by atoms with E-state index >= 15 is 0 Å². The molecule has 1 aromatic carbocycles. The summed E-state index contributed by atoms with van der Waals surface area (Å²) in [5.41, 5.74) is 7.66. The average Bonchev–Trinajstić information content (AvgIpc) is 2.96. The van der Waals surface area contributed by atoms with Gasteiger partial charge in [0.05, 0.1) is 5.92 Å². The van der Waals surface area contributed by atoms with Gasteiger partial charge in [-0.15, -0.1) is 0 Å². The molecule has 0 radical (unpaired) electrons. The second-order valence-electron chi connectivity index (χ2n) is 7.35. The zero-order valence-corrected chi connectivity index (χ0v) is 15.4. The molecular formula is C21H29N3O2. The molecule has 2 amide bonds. The van der Waals surface area contributed by atoms with E-state index in [9.17, 15) is 9.59 Å². The van der Waals surface area contributed by atoms with Crippen molar-refractivity contribution >= 4 is 23.6 Å². The SMILES string of the molecule is NC(=O)C1CCCN(C(=O)C=Cc2ccc(N3CCCCCC3)cc2)C1. The first-order valence-electron chi connectivity index (χ1n) is 9.75. The lowest BCUT2D eigenvalue weighted by Crippen LogP contribution is -2.43. The molecule has 2 saturated heterocycles. The van der Waals surface area contributed by atoms with E-state index in [1.165, 1.54) is 31.4 Å². The number of likely N-dealkylation sites (tertiary alicyclic amines) is 1. The van der Waals surface area contributed by atoms with Crippen molar-refractivity contribution in [3.63, 3.8) is 0 Å². The highest BCUT2D eigenvalue weighted by molar-refractivity contribution is 5.92. The number of primary amides is 1. The smallest absolute Gasteiger partial charge is 0.246 e. The third kappa shape index (κ3) is 4.87. The van der Waals surface area contributed by atoms with Gasteiger partial charge in [-0.1, -0.05) is 25.0 Å². The van der Waals surface area contributed by atoms with Crippen molar-refractivity contribution < 1.29 is 9.59 Å². The molecular weight excluding hydrogens is 326 g/mol. The van der Waals surface area contributed by atoms with Gasteiger partial charge in [0.25, 0.3) is 0 Å². The van der Waals surface area contributed by atoms with Crippen LogP contribution in [0.1, 0.15) is 44.1 Å². The Balaban J connectivity index is 1.57. The summed E-state index contributed by atoms with van der Waals surface area (Å²) in [7, 11) is 0. The highest BCUT2D eigenvalue weighted by Gasteiger charge is 2.25. The van der Waals surface area contributed by atoms with Gasteiger partial charge in [0.1, 0.15) is 0 Å². The first-order valence-corrected chi connectivity index (χ1v) is 9.75. The minimum Gasteiger partial charge on any atom is -0.372 e. The molecule has 1 unspecified atom stereocenters. The number of carbonyl (C=O) groups is 2. The second-order valence-corrected chi connectivity index (χ2v) is 7.35. The summed E-state index contributed by atoms with van der Waals surface area (Å²) in [6.07, 6.45) is 10.2. The Morgan fingerprint density at radius 2 is 1.65 bits per heavy atom. The summed E-state index contributed by atoms with van der Waals surface area (Å²) >= 11 is 0. The first kappa shape index (κ1) is 18.5. The molecule has 3 rings (SSSR count). The maximum Gasteiger partial charge on any atom is 0.246 e. The molecule has 5 heteroatoms. The predicted molar refractivity (Wildman–Crippen MR) is 105 cm³/mol. The van der Waals surface area contributed by atoms with Crippen LogP contribution in [0.5, 0.6) is 0 Å². The Hall–Kier alpha value is -2.30. The van der Waals surface area contributed by atoms with Crippen LogP contribution in [0.3, 0.4) is 0 Å². The average molecular weight is 355 g/mol. The number of nitrogens with zero attached hydrogens (tertiary/aromatic N) is 2. The van der Waals surface area contributed by atoms with Crippen LogP contribution in [0.2, 0.25) is 0 Å². The maximum absolute atomic E-state index is 12.4. The second kappa shape index (κ2) is 8.88. The van der Waals surface area contributed by atoms with Gasteiger partial charge in [-0.05, 0) is 49.5 Å². The Kier molecular flexibility index (Phi) is 6.31. The molecule has 26 heavy (non-hydrogen) atoms. The van der Waals surface area contributed by atoms with Gasteiger partial charge in [-0.3, -0.25) is 9.59 Å². The number of piperidine rings is 1. The molecule has 2 N–H and O–H groups in total. The molecule has 2 heterocycles. The molecule has 5 nitrogen and oxygen atoms in total. The van der Waals surface area contributed by atoms with Gasteiger partial charge in [0, 0.05) is 37.9 Å². The van der Waals surface area contributed by atoms with Gasteiger partial charge in [-0.25, -0.2) is 0 Å². The predicted octanol–water partition coefficient (Wildman–Crippen LogP) is 2.80. The summed E-state index contributed by atoms with van der Waals surface area (Å²) in [5, 5.41) is 0. The molecule has 1 atom stereocenters. The summed E-state index contributed by atoms with van der Waals surface area (Å²) < 4.78 is 0. The molecule has 0 bridgehead atoms. The molecule has 0 aliphatic carbocycles. The first-order chi connectivity index (χ1) is 12.6. The molecule has 0 aromatic heterocycles. The van der Waals surface area contributed by atoms with Crippen molar-refractivity contribution in [1.82, 2.24) is 4.90 Å². The number of benzene rings is 1. The zero-order chi connectivity index (χ0) is 18.4. The van der Waals surface area contributed by atoms with Crippen LogP contribution in [-0.2, 0) is 9.59 Å². The number of hydrogen-bond acceptors (Lipinski definition) is 3. The van der Waals surface area contributed by atoms with Crippen LogP contribution in [-0.4, -0.2) is 42.9 Å². The quantitative estimate of drug-likeness (QED) is 0.845. The van der Waals surface area contributed by atoms with Crippen LogP contribution in [0.4, 0.5) is 5.69 Å². The summed E-state index contributed by atoms with van der Waals surface area (Å²) in [5.74, 6) is -0.572. The van der Waals surface area contributed by atoms with Crippen molar-refractivity contribution in [2.75, 3.05) is 31.1 Å². The molecule has 0 saturated carbocycles. The van der Waals surface area contributed by atoms with E-state index in [0.717, 1.165) is 31.5 Å². The number of hydrogen-bond donors (Lipinski definition) is 1. The monoisotopic (exact) mass is 355 g/mol. The largest absolute Gasteiger partial charge is 0.372 e. The lowest BCUT2D eigenvalue weighted by Gasteiger charge is -2.30. The van der Waals surface area contributed by atoms with Gasteiger partial charge in [0.15, 0.2) is 0 Å². The highest BCUT2D eigenvalue weighted by Crippen LogP contribution is 2.21. The van der Waals surface area contributed by atoms with E-state index in [4.69, 9.17) is 5.73 Å². The number of amides is 2. The standard InChI is InChI=1S/C21H29N3O2/c22-21(26)18-6-5-15-24(16-18)20(25)12-9-17-7-10-19(11-8-17)23-13-3-1-2-4-14-23/h7-12,18H,1-6,13-16H2,(H2,22,26). The van der Waals surface area contributed by atoms with E-state index in [2.05, 4.69) is 29.2 Å². The van der Waals surface area contributed by atoms with Crippen LogP contribution in [0.15, 0.2) is 30.3 Å². The number of carbonyl (C=O) groups excluding carboxylic acids is 2. The van der Waals surface area contributed by atoms with E-state index in [1.54, 1.807) is 11.0 Å². The molecule has 140 valence electrons. The summed E-state index contributed by atoms with van der Waals surface area (Å²) in [6.45, 7) is 3.39. The lowest BCUT2D eigenvalue weighted by atomic mass is 9.97. The van der Waals surface area contributed by atoms with Gasteiger partial charge in [0.2, 0.25) is 11.8 Å². The van der Waals surface area contributed by atoms with Gasteiger partial charge in [-0.2, -0.15) is 0 Å². The number of rotatable bonds is 4. The van der Waals surface area contributed by atoms with Crippen molar-refractivity contribution in [2.24, 2.45) is 11.7 Å². The Morgan fingerprint density at radius 1 is 0.962 bits per heavy atom. The van der Waals surface area contributed by atoms with Crippen molar-refractivity contribution in [2.45, 2.75) is 38.5 Å². The van der Waals surface area contributed by atoms with Crippen molar-refractivity contribution in [3.05, 3.63) is 35.9 Å². The van der Waals surface area contributed by atoms with Crippen LogP contribution in [0.25, 0.3) is 6.08 Å². The molecule has 2 aliphatic rings. The number of nitrogens with two attached hydrogens (primary N) is 1. The molecule has 1 aromatic rings. The minimum atomic E-state index is -0.310. The molecule has 0 spiro atoms. The third-order valence-electron chi connectivity index (χ3n) is 5.42. The van der Waals surface area contributed by atoms with Crippen LogP contribution >= 0.6 is 0 Å². The Labute approximate surface area is 155 Å². The lowest BCUT2D eigenvalue weighted by molar-refractivity contribution is -0.130. The van der Waals surface area contributed by atoms with Crippen molar-refractivity contribution in [3.8, 4) is 0 Å². The fourth-order valence-corrected chi connectivity index (χ4v) is 3.81. The Bertz CT molecular complexity index is 646. The van der Waals surface area contributed by atoms with Gasteiger partial charge >= 0.3 is 0 Å². The third-order valence-corrected chi connectivity index (χ3v) is 5.42. The normalized spacial score (nSPS) is 21.6. The zero-order valence-electron chi connectivity index (χ0n) is 15.4. The Morgan fingerprint density at radius 3 is 2.31 bits per heavy atom. The highest BCUT2D eigenvalue weighted by atomic mass is 16.2. The van der Waals surface area contributed by atoms with Crippen molar-refractivity contribution in [1.29, 1.82) is 0 Å². The van der Waals surface area contributed by atoms with E-state index < -0.39 is 0 Å². The van der Waals surface area contributed by atoms with E-state index in [0.29, 0.717) is 13.1 Å². The van der Waals surface area contributed by atoms with Crippen LogP contribution < -0.4 is 10.6 Å². The fourth-order valence-electron chi connectivity index (χ4n) is 3.81. The van der Waals surface area contributed by atoms with Gasteiger partial charge < -0.3 is 15.5 Å². The number of anilines is 1. The maximum atomic E-state index is 12.4. The topological polar surface area (TPSA) is 66.6 Å². The van der Waals surface area contributed by atoms with Crippen LogP contribution in [0, 0.1) is 5.92 Å². The summed E-state index contributed by atoms with van der Waals surface area (Å²) in [6, 6.07) is 8.40. The molecule has 2 fully saturated rings. The fraction of sp³-hybridized carbons (Fsp3) is 0.524. The molecule has 2 aliphatic heterocycles.